The molecule has 0 aliphatic carbocycles. The molecular formula is C13H18Cl2O3. The minimum atomic E-state index is -0.336. The Hall–Kier alpha value is -0.320. The Morgan fingerprint density at radius 3 is 2.28 bits per heavy atom. The van der Waals surface area contributed by atoms with Gasteiger partial charge in [0, 0.05) is 22.6 Å². The van der Waals surface area contributed by atoms with Gasteiger partial charge in [0.2, 0.25) is 0 Å². The van der Waals surface area contributed by atoms with Crippen LogP contribution in [0.1, 0.15) is 19.4 Å². The van der Waals surface area contributed by atoms with E-state index in [2.05, 4.69) is 0 Å². The SMILES string of the molecule is CC(CO)COC(C)OCc1cc(Cl)cc(Cl)c1. The summed E-state index contributed by atoms with van der Waals surface area (Å²) in [5.74, 6) is 0.108. The second kappa shape index (κ2) is 7.97. The van der Waals surface area contributed by atoms with Crippen molar-refractivity contribution in [2.75, 3.05) is 13.2 Å². The lowest BCUT2D eigenvalue weighted by Gasteiger charge is -2.16. The standard InChI is InChI=1S/C13H18Cl2O3/c1-9(6-16)7-17-10(2)18-8-11-3-12(14)5-13(15)4-11/h3-5,9-10,16H,6-8H2,1-2H3. The van der Waals surface area contributed by atoms with Crippen molar-refractivity contribution in [3.05, 3.63) is 33.8 Å². The zero-order valence-corrected chi connectivity index (χ0v) is 12.0. The van der Waals surface area contributed by atoms with E-state index in [0.29, 0.717) is 23.3 Å². The molecule has 3 nitrogen and oxygen atoms in total. The average molecular weight is 293 g/mol. The van der Waals surface area contributed by atoms with Crippen LogP contribution in [-0.4, -0.2) is 24.6 Å². The lowest BCUT2D eigenvalue weighted by atomic mass is 10.2. The van der Waals surface area contributed by atoms with Crippen molar-refractivity contribution in [3.63, 3.8) is 0 Å². The number of aliphatic hydroxyl groups is 1. The number of benzene rings is 1. The molecule has 0 aliphatic rings. The first-order valence-corrected chi connectivity index (χ1v) is 6.56. The highest BCUT2D eigenvalue weighted by Gasteiger charge is 2.07. The number of hydrogen-bond acceptors (Lipinski definition) is 3. The number of hydrogen-bond donors (Lipinski definition) is 1. The van der Waals surface area contributed by atoms with Gasteiger partial charge in [0.25, 0.3) is 0 Å². The zero-order valence-electron chi connectivity index (χ0n) is 10.5. The Labute approximate surface area is 118 Å². The topological polar surface area (TPSA) is 38.7 Å². The lowest BCUT2D eigenvalue weighted by Crippen LogP contribution is -2.18. The Morgan fingerprint density at radius 1 is 1.11 bits per heavy atom. The number of rotatable bonds is 7. The van der Waals surface area contributed by atoms with E-state index >= 15 is 0 Å². The first kappa shape index (κ1) is 15.7. The predicted molar refractivity (Wildman–Crippen MR) is 72.9 cm³/mol. The van der Waals surface area contributed by atoms with Crippen molar-refractivity contribution < 1.29 is 14.6 Å². The van der Waals surface area contributed by atoms with Gasteiger partial charge in [0.05, 0.1) is 13.2 Å². The molecule has 0 aliphatic heterocycles. The molecule has 0 fully saturated rings. The van der Waals surface area contributed by atoms with Crippen LogP contribution < -0.4 is 0 Å². The van der Waals surface area contributed by atoms with Gasteiger partial charge in [-0.15, -0.1) is 0 Å². The van der Waals surface area contributed by atoms with E-state index in [1.165, 1.54) is 0 Å². The molecule has 2 atom stereocenters. The number of ether oxygens (including phenoxy) is 2. The molecule has 1 aromatic carbocycles. The summed E-state index contributed by atoms with van der Waals surface area (Å²) < 4.78 is 10.9. The van der Waals surface area contributed by atoms with Crippen LogP contribution in [0.25, 0.3) is 0 Å². The van der Waals surface area contributed by atoms with Crippen molar-refractivity contribution in [1.29, 1.82) is 0 Å². The Kier molecular flexibility index (Phi) is 6.97. The molecule has 0 amide bonds. The van der Waals surface area contributed by atoms with E-state index in [1.807, 2.05) is 13.8 Å². The molecule has 0 heterocycles. The fourth-order valence-electron chi connectivity index (χ4n) is 1.31. The first-order chi connectivity index (χ1) is 8.51. The predicted octanol–water partition coefficient (Wildman–Crippen LogP) is 3.50. The van der Waals surface area contributed by atoms with Crippen LogP contribution in [0.2, 0.25) is 10.0 Å². The molecule has 102 valence electrons. The van der Waals surface area contributed by atoms with Gasteiger partial charge in [0.15, 0.2) is 6.29 Å². The largest absolute Gasteiger partial charge is 0.396 e. The minimum absolute atomic E-state index is 0.108. The summed E-state index contributed by atoms with van der Waals surface area (Å²) >= 11 is 11.8. The molecule has 0 saturated heterocycles. The summed E-state index contributed by atoms with van der Waals surface area (Å²) in [6, 6.07) is 5.28. The summed E-state index contributed by atoms with van der Waals surface area (Å²) in [6.07, 6.45) is -0.336. The van der Waals surface area contributed by atoms with Crippen LogP contribution in [0, 0.1) is 5.92 Å². The molecule has 1 rings (SSSR count). The summed E-state index contributed by atoms with van der Waals surface area (Å²) in [4.78, 5) is 0. The fourth-order valence-corrected chi connectivity index (χ4v) is 1.88. The van der Waals surface area contributed by atoms with Crippen LogP contribution in [0.15, 0.2) is 18.2 Å². The van der Waals surface area contributed by atoms with Crippen LogP contribution >= 0.6 is 23.2 Å². The third kappa shape index (κ3) is 6.03. The summed E-state index contributed by atoms with van der Waals surface area (Å²) in [7, 11) is 0. The molecule has 0 saturated carbocycles. The van der Waals surface area contributed by atoms with Crippen molar-refractivity contribution >= 4 is 23.2 Å². The first-order valence-electron chi connectivity index (χ1n) is 5.80. The van der Waals surface area contributed by atoms with Crippen molar-refractivity contribution in [1.82, 2.24) is 0 Å². The van der Waals surface area contributed by atoms with E-state index in [1.54, 1.807) is 18.2 Å². The van der Waals surface area contributed by atoms with Crippen LogP contribution in [0.5, 0.6) is 0 Å². The molecule has 18 heavy (non-hydrogen) atoms. The van der Waals surface area contributed by atoms with Crippen molar-refractivity contribution in [2.24, 2.45) is 5.92 Å². The molecule has 1 aromatic rings. The van der Waals surface area contributed by atoms with Crippen LogP contribution in [-0.2, 0) is 16.1 Å². The summed E-state index contributed by atoms with van der Waals surface area (Å²) in [5, 5.41) is 10.0. The highest BCUT2D eigenvalue weighted by Crippen LogP contribution is 2.20. The smallest absolute Gasteiger partial charge is 0.155 e. The Bertz CT molecular complexity index is 351. The maximum absolute atomic E-state index is 8.87. The molecule has 2 unspecified atom stereocenters. The molecular weight excluding hydrogens is 275 g/mol. The summed E-state index contributed by atoms with van der Waals surface area (Å²) in [6.45, 7) is 4.68. The van der Waals surface area contributed by atoms with Gasteiger partial charge in [-0.05, 0) is 30.7 Å². The third-order valence-corrected chi connectivity index (χ3v) is 2.77. The highest BCUT2D eigenvalue weighted by molar-refractivity contribution is 6.34. The van der Waals surface area contributed by atoms with Gasteiger partial charge in [-0.1, -0.05) is 30.1 Å². The molecule has 5 heteroatoms. The molecule has 0 radical (unpaired) electrons. The fraction of sp³-hybridized carbons (Fsp3) is 0.538. The molecule has 0 aromatic heterocycles. The second-order valence-corrected chi connectivity index (χ2v) is 5.15. The number of aliphatic hydroxyl groups excluding tert-OH is 1. The van der Waals surface area contributed by atoms with Crippen LogP contribution in [0.4, 0.5) is 0 Å². The van der Waals surface area contributed by atoms with Gasteiger partial charge >= 0.3 is 0 Å². The Balaban J connectivity index is 2.35. The normalized spacial score (nSPS) is 14.5. The second-order valence-electron chi connectivity index (χ2n) is 4.28. The Morgan fingerprint density at radius 2 is 1.72 bits per heavy atom. The monoisotopic (exact) mass is 292 g/mol. The lowest BCUT2D eigenvalue weighted by molar-refractivity contribution is -0.146. The van der Waals surface area contributed by atoms with E-state index in [4.69, 9.17) is 37.8 Å². The van der Waals surface area contributed by atoms with Crippen molar-refractivity contribution in [2.45, 2.75) is 26.7 Å². The average Bonchev–Trinajstić information content (AvgIpc) is 2.32. The van der Waals surface area contributed by atoms with Crippen molar-refractivity contribution in [3.8, 4) is 0 Å². The van der Waals surface area contributed by atoms with Crippen LogP contribution in [0.3, 0.4) is 0 Å². The van der Waals surface area contributed by atoms with Gasteiger partial charge in [-0.2, -0.15) is 0 Å². The molecule has 0 bridgehead atoms. The van der Waals surface area contributed by atoms with E-state index < -0.39 is 0 Å². The van der Waals surface area contributed by atoms with Gasteiger partial charge < -0.3 is 14.6 Å². The quantitative estimate of drug-likeness (QED) is 0.782. The molecule has 0 spiro atoms. The van der Waals surface area contributed by atoms with E-state index in [-0.39, 0.29) is 18.8 Å². The number of halogens is 2. The maximum Gasteiger partial charge on any atom is 0.155 e. The van der Waals surface area contributed by atoms with Gasteiger partial charge in [-0.3, -0.25) is 0 Å². The van der Waals surface area contributed by atoms with E-state index in [9.17, 15) is 0 Å². The van der Waals surface area contributed by atoms with E-state index in [0.717, 1.165) is 5.56 Å². The highest BCUT2D eigenvalue weighted by atomic mass is 35.5. The third-order valence-electron chi connectivity index (χ3n) is 2.33. The van der Waals surface area contributed by atoms with Gasteiger partial charge in [0.1, 0.15) is 0 Å². The maximum atomic E-state index is 8.87. The summed E-state index contributed by atoms with van der Waals surface area (Å²) in [5.41, 5.74) is 0.901. The van der Waals surface area contributed by atoms with Gasteiger partial charge in [-0.25, -0.2) is 0 Å². The molecule has 1 N–H and O–H groups in total. The zero-order chi connectivity index (χ0) is 13.5. The minimum Gasteiger partial charge on any atom is -0.396 e.